The standard InChI is InChI=1S/C15H20N2O2/c1-11(2)7-8-14-16-12-5-3-4-6-13(12)17(14)10-9-15(18)19/h3-6,11H,7-10H2,1-2H3,(H,18,19). The van der Waals surface area contributed by atoms with E-state index in [-0.39, 0.29) is 6.42 Å². The molecule has 0 radical (unpaired) electrons. The van der Waals surface area contributed by atoms with Crippen molar-refractivity contribution in [3.8, 4) is 0 Å². The first kappa shape index (κ1) is 13.6. The van der Waals surface area contributed by atoms with Crippen LogP contribution in [0.2, 0.25) is 0 Å². The second-order valence-electron chi connectivity index (χ2n) is 5.24. The lowest BCUT2D eigenvalue weighted by molar-refractivity contribution is -0.137. The molecule has 0 atom stereocenters. The van der Waals surface area contributed by atoms with E-state index in [4.69, 9.17) is 5.11 Å². The minimum absolute atomic E-state index is 0.134. The van der Waals surface area contributed by atoms with Gasteiger partial charge < -0.3 is 9.67 Å². The Kier molecular flexibility index (Phi) is 4.20. The summed E-state index contributed by atoms with van der Waals surface area (Å²) in [6, 6.07) is 7.91. The number of fused-ring (bicyclic) bond motifs is 1. The molecule has 1 heterocycles. The van der Waals surface area contributed by atoms with Gasteiger partial charge in [0.05, 0.1) is 17.5 Å². The van der Waals surface area contributed by atoms with Crippen molar-refractivity contribution < 1.29 is 9.90 Å². The summed E-state index contributed by atoms with van der Waals surface area (Å²) in [6.07, 6.45) is 2.09. The van der Waals surface area contributed by atoms with Gasteiger partial charge in [-0.2, -0.15) is 0 Å². The fraction of sp³-hybridized carbons (Fsp3) is 0.467. The lowest BCUT2D eigenvalue weighted by Gasteiger charge is -2.09. The maximum absolute atomic E-state index is 10.8. The second kappa shape index (κ2) is 5.87. The minimum Gasteiger partial charge on any atom is -0.481 e. The van der Waals surface area contributed by atoms with Crippen molar-refractivity contribution in [2.45, 2.75) is 39.7 Å². The summed E-state index contributed by atoms with van der Waals surface area (Å²) in [4.78, 5) is 15.4. The Balaban J connectivity index is 2.31. The van der Waals surface area contributed by atoms with Crippen molar-refractivity contribution in [2.24, 2.45) is 5.92 Å². The number of hydrogen-bond donors (Lipinski definition) is 1. The van der Waals surface area contributed by atoms with Crippen LogP contribution in [0.3, 0.4) is 0 Å². The van der Waals surface area contributed by atoms with Crippen LogP contribution in [0.1, 0.15) is 32.5 Å². The normalized spacial score (nSPS) is 11.3. The number of benzene rings is 1. The van der Waals surface area contributed by atoms with Gasteiger partial charge in [-0.3, -0.25) is 4.79 Å². The molecule has 0 aliphatic heterocycles. The highest BCUT2D eigenvalue weighted by molar-refractivity contribution is 5.76. The first-order chi connectivity index (χ1) is 9.08. The van der Waals surface area contributed by atoms with Gasteiger partial charge in [-0.1, -0.05) is 26.0 Å². The van der Waals surface area contributed by atoms with Gasteiger partial charge in [0.2, 0.25) is 0 Å². The Bertz CT molecular complexity index is 573. The Morgan fingerprint density at radius 2 is 2.11 bits per heavy atom. The zero-order valence-electron chi connectivity index (χ0n) is 11.5. The average molecular weight is 260 g/mol. The molecule has 0 aliphatic carbocycles. The van der Waals surface area contributed by atoms with Crippen LogP contribution in [0.15, 0.2) is 24.3 Å². The molecule has 0 fully saturated rings. The van der Waals surface area contributed by atoms with Crippen LogP contribution in [0.25, 0.3) is 11.0 Å². The number of nitrogens with zero attached hydrogens (tertiary/aromatic N) is 2. The molecule has 0 spiro atoms. The summed E-state index contributed by atoms with van der Waals surface area (Å²) in [5, 5.41) is 8.86. The number of para-hydroxylation sites is 2. The van der Waals surface area contributed by atoms with Crippen LogP contribution in [0.4, 0.5) is 0 Å². The average Bonchev–Trinajstić information content (AvgIpc) is 2.71. The first-order valence-electron chi connectivity index (χ1n) is 6.74. The fourth-order valence-electron chi connectivity index (χ4n) is 2.19. The summed E-state index contributed by atoms with van der Waals surface area (Å²) >= 11 is 0. The molecule has 0 saturated carbocycles. The highest BCUT2D eigenvalue weighted by Crippen LogP contribution is 2.18. The highest BCUT2D eigenvalue weighted by Gasteiger charge is 2.11. The molecule has 0 bridgehead atoms. The van der Waals surface area contributed by atoms with E-state index in [2.05, 4.69) is 18.8 Å². The van der Waals surface area contributed by atoms with E-state index < -0.39 is 5.97 Å². The molecule has 0 aliphatic rings. The maximum Gasteiger partial charge on any atom is 0.305 e. The number of aromatic nitrogens is 2. The number of hydrogen-bond acceptors (Lipinski definition) is 2. The molecular formula is C15H20N2O2. The van der Waals surface area contributed by atoms with Gasteiger partial charge in [0.25, 0.3) is 0 Å². The Hall–Kier alpha value is -1.84. The molecule has 102 valence electrons. The van der Waals surface area contributed by atoms with Gasteiger partial charge in [-0.05, 0) is 24.5 Å². The molecule has 4 nitrogen and oxygen atoms in total. The van der Waals surface area contributed by atoms with E-state index >= 15 is 0 Å². The van der Waals surface area contributed by atoms with Gasteiger partial charge >= 0.3 is 5.97 Å². The van der Waals surface area contributed by atoms with Gasteiger partial charge in [-0.15, -0.1) is 0 Å². The fourth-order valence-corrected chi connectivity index (χ4v) is 2.19. The predicted molar refractivity (Wildman–Crippen MR) is 75.1 cm³/mol. The molecule has 2 aromatic rings. The summed E-state index contributed by atoms with van der Waals surface area (Å²) < 4.78 is 2.05. The Morgan fingerprint density at radius 3 is 2.79 bits per heavy atom. The molecule has 0 amide bonds. The van der Waals surface area contributed by atoms with E-state index in [9.17, 15) is 4.79 Å². The number of imidazole rings is 1. The number of carbonyl (C=O) groups is 1. The van der Waals surface area contributed by atoms with E-state index in [1.54, 1.807) is 0 Å². The second-order valence-corrected chi connectivity index (χ2v) is 5.24. The van der Waals surface area contributed by atoms with Gasteiger partial charge in [0, 0.05) is 13.0 Å². The number of aryl methyl sites for hydroxylation is 2. The van der Waals surface area contributed by atoms with E-state index in [1.807, 2.05) is 28.8 Å². The van der Waals surface area contributed by atoms with Crippen molar-refractivity contribution in [1.82, 2.24) is 9.55 Å². The summed E-state index contributed by atoms with van der Waals surface area (Å²) in [6.45, 7) is 4.86. The molecule has 19 heavy (non-hydrogen) atoms. The van der Waals surface area contributed by atoms with E-state index in [0.717, 1.165) is 29.7 Å². The summed E-state index contributed by atoms with van der Waals surface area (Å²) in [5.41, 5.74) is 1.98. The highest BCUT2D eigenvalue weighted by atomic mass is 16.4. The van der Waals surface area contributed by atoms with Crippen LogP contribution in [0, 0.1) is 5.92 Å². The van der Waals surface area contributed by atoms with Crippen molar-refractivity contribution in [3.63, 3.8) is 0 Å². The smallest absolute Gasteiger partial charge is 0.305 e. The molecule has 1 aromatic heterocycles. The number of aliphatic carboxylic acids is 1. The molecular weight excluding hydrogens is 240 g/mol. The summed E-state index contributed by atoms with van der Waals surface area (Å²) in [7, 11) is 0. The van der Waals surface area contributed by atoms with Gasteiger partial charge in [-0.25, -0.2) is 4.98 Å². The molecule has 2 rings (SSSR count). The van der Waals surface area contributed by atoms with Crippen LogP contribution >= 0.6 is 0 Å². The van der Waals surface area contributed by atoms with Crippen molar-refractivity contribution in [2.75, 3.05) is 0 Å². The SMILES string of the molecule is CC(C)CCc1nc2ccccc2n1CCC(=O)O. The largest absolute Gasteiger partial charge is 0.481 e. The molecule has 4 heteroatoms. The van der Waals surface area contributed by atoms with E-state index in [1.165, 1.54) is 0 Å². The Labute approximate surface area is 113 Å². The number of carboxylic acids is 1. The maximum atomic E-state index is 10.8. The molecule has 1 aromatic carbocycles. The zero-order chi connectivity index (χ0) is 13.8. The van der Waals surface area contributed by atoms with Crippen molar-refractivity contribution in [1.29, 1.82) is 0 Å². The van der Waals surface area contributed by atoms with Crippen LogP contribution < -0.4 is 0 Å². The number of carboxylic acid groups (broad SMARTS) is 1. The van der Waals surface area contributed by atoms with Gasteiger partial charge in [0.1, 0.15) is 5.82 Å². The third kappa shape index (κ3) is 3.34. The lowest BCUT2D eigenvalue weighted by Crippen LogP contribution is -2.09. The summed E-state index contributed by atoms with van der Waals surface area (Å²) in [5.74, 6) is 0.844. The zero-order valence-corrected chi connectivity index (χ0v) is 11.5. The van der Waals surface area contributed by atoms with Crippen molar-refractivity contribution >= 4 is 17.0 Å². The third-order valence-corrected chi connectivity index (χ3v) is 3.23. The lowest BCUT2D eigenvalue weighted by atomic mass is 10.1. The number of rotatable bonds is 6. The molecule has 1 N–H and O–H groups in total. The van der Waals surface area contributed by atoms with E-state index in [0.29, 0.717) is 12.5 Å². The van der Waals surface area contributed by atoms with Crippen LogP contribution in [0.5, 0.6) is 0 Å². The monoisotopic (exact) mass is 260 g/mol. The minimum atomic E-state index is -0.771. The quantitative estimate of drug-likeness (QED) is 0.868. The van der Waals surface area contributed by atoms with Crippen molar-refractivity contribution in [3.05, 3.63) is 30.1 Å². The predicted octanol–water partition coefficient (Wildman–Crippen LogP) is 3.10. The topological polar surface area (TPSA) is 55.1 Å². The molecule has 0 saturated heterocycles. The third-order valence-electron chi connectivity index (χ3n) is 3.23. The molecule has 0 unspecified atom stereocenters. The van der Waals surface area contributed by atoms with Crippen LogP contribution in [-0.2, 0) is 17.8 Å². The first-order valence-corrected chi connectivity index (χ1v) is 6.74. The Morgan fingerprint density at radius 1 is 1.37 bits per heavy atom. The van der Waals surface area contributed by atoms with Gasteiger partial charge in [0.15, 0.2) is 0 Å². The van der Waals surface area contributed by atoms with Crippen LogP contribution in [-0.4, -0.2) is 20.6 Å².